The molecule has 0 spiro atoms. The Morgan fingerprint density at radius 1 is 0.917 bits per heavy atom. The van der Waals surface area contributed by atoms with Crippen molar-refractivity contribution in [3.05, 3.63) is 60.2 Å². The molecule has 3 aromatic rings. The van der Waals surface area contributed by atoms with Crippen LogP contribution >= 0.6 is 0 Å². The normalized spacial score (nSPS) is 17.4. The van der Waals surface area contributed by atoms with Gasteiger partial charge in [-0.3, -0.25) is 9.29 Å². The monoisotopic (exact) mass is 322 g/mol. The summed E-state index contributed by atoms with van der Waals surface area (Å²) in [5.74, 6) is 0. The van der Waals surface area contributed by atoms with Crippen molar-refractivity contribution in [2.45, 2.75) is 12.5 Å². The molecule has 1 aliphatic rings. The van der Waals surface area contributed by atoms with E-state index < -0.39 is 0 Å². The van der Waals surface area contributed by atoms with Gasteiger partial charge in [0.2, 0.25) is 0 Å². The maximum Gasteiger partial charge on any atom is 0.0912 e. The summed E-state index contributed by atoms with van der Waals surface area (Å²) in [5.41, 5.74) is 1.29. The van der Waals surface area contributed by atoms with Gasteiger partial charge in [0, 0.05) is 32.2 Å². The molecule has 1 atom stereocenters. The molecular formula is C21H23FN2. The average Bonchev–Trinajstić information content (AvgIpc) is 2.65. The van der Waals surface area contributed by atoms with E-state index in [2.05, 4.69) is 64.8 Å². The van der Waals surface area contributed by atoms with E-state index >= 15 is 0 Å². The molecule has 2 nitrogen and oxygen atoms in total. The van der Waals surface area contributed by atoms with Crippen LogP contribution in [0.5, 0.6) is 0 Å². The Labute approximate surface area is 142 Å². The van der Waals surface area contributed by atoms with E-state index in [0.29, 0.717) is 6.42 Å². The summed E-state index contributed by atoms with van der Waals surface area (Å²) >= 11 is 0. The summed E-state index contributed by atoms with van der Waals surface area (Å²) in [6.07, 6.45) is 0.554. The van der Waals surface area contributed by atoms with Gasteiger partial charge >= 0.3 is 0 Å². The number of nitrogens with one attached hydrogen (secondary N) is 1. The highest BCUT2D eigenvalue weighted by Gasteiger charge is 2.25. The standard InChI is InChI=1S/C21H23FN2/c22-10-9-20(24-13-11-23-12-14-24)21-18-7-3-1-5-16(18)15-17-6-2-4-8-19(17)21/h1-8,15,20,23H,9-14H2/t20-/m0/s1. The maximum absolute atomic E-state index is 13.4. The predicted octanol–water partition coefficient (Wildman–Crippen LogP) is 4.30. The average molecular weight is 322 g/mol. The molecule has 0 unspecified atom stereocenters. The second kappa shape index (κ2) is 6.88. The molecule has 0 aliphatic carbocycles. The summed E-state index contributed by atoms with van der Waals surface area (Å²) in [4.78, 5) is 2.45. The van der Waals surface area contributed by atoms with Crippen LogP contribution < -0.4 is 5.32 Å². The highest BCUT2D eigenvalue weighted by molar-refractivity contribution is 6.02. The smallest absolute Gasteiger partial charge is 0.0912 e. The first-order valence-electron chi connectivity index (χ1n) is 8.79. The van der Waals surface area contributed by atoms with E-state index in [-0.39, 0.29) is 12.7 Å². The van der Waals surface area contributed by atoms with Crippen molar-refractivity contribution in [3.63, 3.8) is 0 Å². The number of hydrogen-bond donors (Lipinski definition) is 1. The van der Waals surface area contributed by atoms with Crippen molar-refractivity contribution in [1.29, 1.82) is 0 Å². The molecule has 3 heteroatoms. The number of nitrogens with zero attached hydrogens (tertiary/aromatic N) is 1. The minimum atomic E-state index is -0.286. The van der Waals surface area contributed by atoms with Crippen LogP contribution in [0.2, 0.25) is 0 Å². The number of alkyl halides is 1. The molecule has 1 heterocycles. The summed E-state index contributed by atoms with van der Waals surface area (Å²) in [6.45, 7) is 3.62. The van der Waals surface area contributed by atoms with Crippen molar-refractivity contribution in [2.75, 3.05) is 32.9 Å². The Morgan fingerprint density at radius 3 is 2.08 bits per heavy atom. The van der Waals surface area contributed by atoms with Crippen molar-refractivity contribution < 1.29 is 4.39 Å². The molecule has 124 valence electrons. The van der Waals surface area contributed by atoms with E-state index in [4.69, 9.17) is 0 Å². The highest BCUT2D eigenvalue weighted by Crippen LogP contribution is 2.37. The van der Waals surface area contributed by atoms with Crippen molar-refractivity contribution >= 4 is 21.5 Å². The first-order chi connectivity index (χ1) is 11.9. The number of halogens is 1. The van der Waals surface area contributed by atoms with Gasteiger partial charge in [0.15, 0.2) is 0 Å². The summed E-state index contributed by atoms with van der Waals surface area (Å²) in [6, 6.07) is 19.4. The predicted molar refractivity (Wildman–Crippen MR) is 99.2 cm³/mol. The van der Waals surface area contributed by atoms with Crippen LogP contribution in [-0.4, -0.2) is 37.8 Å². The van der Waals surface area contributed by atoms with E-state index in [9.17, 15) is 4.39 Å². The number of fused-ring (bicyclic) bond motifs is 2. The van der Waals surface area contributed by atoms with Crippen LogP contribution in [0.3, 0.4) is 0 Å². The van der Waals surface area contributed by atoms with Crippen LogP contribution in [0.15, 0.2) is 54.6 Å². The minimum absolute atomic E-state index is 0.132. The first-order valence-corrected chi connectivity index (χ1v) is 8.79. The number of benzene rings is 3. The topological polar surface area (TPSA) is 15.3 Å². The quantitative estimate of drug-likeness (QED) is 0.721. The van der Waals surface area contributed by atoms with E-state index in [0.717, 1.165) is 26.2 Å². The Balaban J connectivity index is 1.96. The van der Waals surface area contributed by atoms with Gasteiger partial charge in [0.05, 0.1) is 6.67 Å². The maximum atomic E-state index is 13.4. The van der Waals surface area contributed by atoms with Gasteiger partial charge < -0.3 is 5.32 Å². The fraction of sp³-hybridized carbons (Fsp3) is 0.333. The van der Waals surface area contributed by atoms with E-state index in [1.165, 1.54) is 27.1 Å². The molecule has 0 bridgehead atoms. The molecule has 1 fully saturated rings. The second-order valence-corrected chi connectivity index (χ2v) is 6.51. The van der Waals surface area contributed by atoms with Crippen LogP contribution in [-0.2, 0) is 0 Å². The summed E-state index contributed by atoms with van der Waals surface area (Å²) in [7, 11) is 0. The molecule has 1 N–H and O–H groups in total. The molecule has 0 aromatic heterocycles. The number of hydrogen-bond acceptors (Lipinski definition) is 2. The molecule has 3 aromatic carbocycles. The van der Waals surface area contributed by atoms with Crippen LogP contribution in [0.25, 0.3) is 21.5 Å². The molecule has 4 rings (SSSR count). The second-order valence-electron chi connectivity index (χ2n) is 6.51. The lowest BCUT2D eigenvalue weighted by molar-refractivity contribution is 0.159. The lowest BCUT2D eigenvalue weighted by atomic mass is 9.90. The van der Waals surface area contributed by atoms with Gasteiger partial charge in [-0.05, 0) is 39.6 Å². The van der Waals surface area contributed by atoms with Crippen LogP contribution in [0, 0.1) is 0 Å². The lowest BCUT2D eigenvalue weighted by Gasteiger charge is -2.36. The zero-order valence-electron chi connectivity index (χ0n) is 13.8. The largest absolute Gasteiger partial charge is 0.314 e. The third-order valence-electron chi connectivity index (χ3n) is 5.12. The molecule has 1 saturated heterocycles. The first kappa shape index (κ1) is 15.6. The van der Waals surface area contributed by atoms with Crippen LogP contribution in [0.4, 0.5) is 4.39 Å². The van der Waals surface area contributed by atoms with Gasteiger partial charge in [0.25, 0.3) is 0 Å². The molecule has 24 heavy (non-hydrogen) atoms. The lowest BCUT2D eigenvalue weighted by Crippen LogP contribution is -2.45. The highest BCUT2D eigenvalue weighted by atomic mass is 19.1. The van der Waals surface area contributed by atoms with Gasteiger partial charge in [-0.15, -0.1) is 0 Å². The zero-order chi connectivity index (χ0) is 16.4. The Morgan fingerprint density at radius 2 is 1.50 bits per heavy atom. The third-order valence-corrected chi connectivity index (χ3v) is 5.12. The van der Waals surface area contributed by atoms with Crippen molar-refractivity contribution in [1.82, 2.24) is 10.2 Å². The molecular weight excluding hydrogens is 299 g/mol. The molecule has 0 radical (unpaired) electrons. The fourth-order valence-electron chi connectivity index (χ4n) is 4.01. The summed E-state index contributed by atoms with van der Waals surface area (Å²) < 4.78 is 13.4. The molecule has 1 aliphatic heterocycles. The van der Waals surface area contributed by atoms with Crippen LogP contribution in [0.1, 0.15) is 18.0 Å². The van der Waals surface area contributed by atoms with Gasteiger partial charge in [-0.2, -0.15) is 0 Å². The van der Waals surface area contributed by atoms with Crippen molar-refractivity contribution in [2.24, 2.45) is 0 Å². The molecule has 0 saturated carbocycles. The third kappa shape index (κ3) is 2.79. The SMILES string of the molecule is FCC[C@@H](c1c2ccccc2cc2ccccc12)N1CCNCC1. The number of rotatable bonds is 4. The van der Waals surface area contributed by atoms with E-state index in [1.807, 2.05) is 0 Å². The van der Waals surface area contributed by atoms with Gasteiger partial charge in [-0.1, -0.05) is 48.5 Å². The number of piperazine rings is 1. The Bertz CT molecular complexity index is 785. The summed E-state index contributed by atoms with van der Waals surface area (Å²) in [5, 5.41) is 8.40. The van der Waals surface area contributed by atoms with Gasteiger partial charge in [0.1, 0.15) is 0 Å². The molecule has 0 amide bonds. The Kier molecular flexibility index (Phi) is 4.46. The van der Waals surface area contributed by atoms with Gasteiger partial charge in [-0.25, -0.2) is 0 Å². The minimum Gasteiger partial charge on any atom is -0.314 e. The van der Waals surface area contributed by atoms with Crippen molar-refractivity contribution in [3.8, 4) is 0 Å². The fourth-order valence-corrected chi connectivity index (χ4v) is 4.01. The zero-order valence-corrected chi connectivity index (χ0v) is 13.8. The Hall–Kier alpha value is -1.97. The van der Waals surface area contributed by atoms with E-state index in [1.54, 1.807) is 0 Å².